The number of nitrogens with zero attached hydrogens (tertiary/aromatic N) is 1. The second kappa shape index (κ2) is 10.8. The largest absolute Gasteiger partial charge is 0.442 e. The first-order valence-corrected chi connectivity index (χ1v) is 11.5. The summed E-state index contributed by atoms with van der Waals surface area (Å²) in [6.07, 6.45) is 0.0376. The van der Waals surface area contributed by atoms with Gasteiger partial charge in [-0.05, 0) is 43.7 Å². The Bertz CT molecular complexity index is 1010. The van der Waals surface area contributed by atoms with Crippen LogP contribution in [0.15, 0.2) is 30.3 Å². The zero-order valence-corrected chi connectivity index (χ0v) is 19.5. The van der Waals surface area contributed by atoms with Crippen molar-refractivity contribution in [1.29, 1.82) is 0 Å². The van der Waals surface area contributed by atoms with Crippen LogP contribution in [0.25, 0.3) is 0 Å². The van der Waals surface area contributed by atoms with Crippen molar-refractivity contribution in [3.8, 4) is 0 Å². The number of thiophene rings is 1. The average Bonchev–Trinajstić information content (AvgIpc) is 3.38. The molecule has 1 aliphatic rings. The molecular weight excluding hydrogens is 470 g/mol. The lowest BCUT2D eigenvalue weighted by molar-refractivity contribution is -0.110. The Labute approximate surface area is 200 Å². The third kappa shape index (κ3) is 6.57. The number of benzene rings is 1. The van der Waals surface area contributed by atoms with Crippen molar-refractivity contribution in [3.63, 3.8) is 0 Å². The number of anilines is 3. The molecule has 0 radical (unpaired) electrons. The number of carbonyl (C=O) groups is 3. The molecule has 33 heavy (non-hydrogen) atoms. The highest BCUT2D eigenvalue weighted by Gasteiger charge is 2.33. The third-order valence-electron chi connectivity index (χ3n) is 4.78. The number of cyclic esters (lactones) is 1. The fraction of sp³-hybridized carbons (Fsp3) is 0.381. The van der Waals surface area contributed by atoms with Crippen molar-refractivity contribution in [2.75, 3.05) is 41.8 Å². The van der Waals surface area contributed by atoms with Gasteiger partial charge in [0, 0.05) is 18.8 Å². The minimum Gasteiger partial charge on any atom is -0.442 e. The summed E-state index contributed by atoms with van der Waals surface area (Å²) in [6.45, 7) is 2.45. The van der Waals surface area contributed by atoms with Crippen LogP contribution in [0.1, 0.15) is 23.0 Å². The number of amides is 2. The van der Waals surface area contributed by atoms with E-state index in [9.17, 15) is 14.4 Å². The van der Waals surface area contributed by atoms with E-state index >= 15 is 0 Å². The molecule has 1 saturated heterocycles. The normalized spacial score (nSPS) is 17.3. The SMILES string of the molecule is C[C@@](N)(C=O)Nc1cc(N2CC(CNC(=O)c3ccc(Cl)s3)OC2=O)ccc1NCCCO. The maximum absolute atomic E-state index is 12.5. The number of nitrogens with two attached hydrogens (primary N) is 1. The van der Waals surface area contributed by atoms with Gasteiger partial charge in [-0.1, -0.05) is 11.6 Å². The highest BCUT2D eigenvalue weighted by Crippen LogP contribution is 2.31. The first-order valence-electron chi connectivity index (χ1n) is 10.3. The van der Waals surface area contributed by atoms with Crippen LogP contribution >= 0.6 is 22.9 Å². The number of aliphatic hydroxyl groups is 1. The molecule has 6 N–H and O–H groups in total. The van der Waals surface area contributed by atoms with Gasteiger partial charge in [0.2, 0.25) is 0 Å². The van der Waals surface area contributed by atoms with Gasteiger partial charge in [-0.25, -0.2) is 4.79 Å². The number of carbonyl (C=O) groups excluding carboxylic acids is 3. The van der Waals surface area contributed by atoms with Crippen LogP contribution in [0.5, 0.6) is 0 Å². The van der Waals surface area contributed by atoms with Gasteiger partial charge in [-0.3, -0.25) is 14.5 Å². The Morgan fingerprint density at radius 2 is 2.18 bits per heavy atom. The summed E-state index contributed by atoms with van der Waals surface area (Å²) in [4.78, 5) is 37.9. The molecule has 0 saturated carbocycles. The summed E-state index contributed by atoms with van der Waals surface area (Å²) in [5.74, 6) is -0.290. The lowest BCUT2D eigenvalue weighted by Gasteiger charge is -2.25. The van der Waals surface area contributed by atoms with Gasteiger partial charge in [0.25, 0.3) is 5.91 Å². The molecule has 1 unspecified atom stereocenters. The van der Waals surface area contributed by atoms with Crippen LogP contribution < -0.4 is 26.6 Å². The number of aliphatic hydroxyl groups excluding tert-OH is 1. The summed E-state index contributed by atoms with van der Waals surface area (Å²) in [7, 11) is 0. The van der Waals surface area contributed by atoms with Gasteiger partial charge in [0.15, 0.2) is 6.29 Å². The molecule has 2 aromatic rings. The Hall–Kier alpha value is -2.86. The van der Waals surface area contributed by atoms with E-state index in [1.807, 2.05) is 0 Å². The number of rotatable bonds is 11. The molecule has 1 aromatic carbocycles. The van der Waals surface area contributed by atoms with E-state index in [-0.39, 0.29) is 25.6 Å². The summed E-state index contributed by atoms with van der Waals surface area (Å²) in [5, 5.41) is 17.9. The highest BCUT2D eigenvalue weighted by atomic mass is 35.5. The fourth-order valence-corrected chi connectivity index (χ4v) is 4.11. The van der Waals surface area contributed by atoms with Crippen molar-refractivity contribution in [3.05, 3.63) is 39.5 Å². The second-order valence-corrected chi connectivity index (χ2v) is 9.40. The maximum Gasteiger partial charge on any atom is 0.414 e. The third-order valence-corrected chi connectivity index (χ3v) is 6.01. The van der Waals surface area contributed by atoms with Gasteiger partial charge in [0.05, 0.1) is 33.7 Å². The number of hydrogen-bond donors (Lipinski definition) is 5. The monoisotopic (exact) mass is 495 g/mol. The number of hydrogen-bond acceptors (Lipinski definition) is 9. The molecule has 0 aliphatic carbocycles. The van der Waals surface area contributed by atoms with Crippen molar-refractivity contribution in [1.82, 2.24) is 5.32 Å². The molecule has 1 aromatic heterocycles. The van der Waals surface area contributed by atoms with Crippen molar-refractivity contribution < 1.29 is 24.2 Å². The zero-order chi connectivity index (χ0) is 24.0. The van der Waals surface area contributed by atoms with Crippen molar-refractivity contribution >= 4 is 58.3 Å². The van der Waals surface area contributed by atoms with Crippen molar-refractivity contribution in [2.24, 2.45) is 5.73 Å². The summed E-state index contributed by atoms with van der Waals surface area (Å²) in [5.41, 5.74) is 6.33. The molecule has 1 aliphatic heterocycles. The second-order valence-electron chi connectivity index (χ2n) is 7.69. The number of ether oxygens (including phenoxy) is 1. The number of halogens is 1. The lowest BCUT2D eigenvalue weighted by atomic mass is 10.1. The summed E-state index contributed by atoms with van der Waals surface area (Å²) >= 11 is 7.03. The molecule has 10 nitrogen and oxygen atoms in total. The highest BCUT2D eigenvalue weighted by molar-refractivity contribution is 7.18. The van der Waals surface area contributed by atoms with E-state index in [2.05, 4.69) is 16.0 Å². The van der Waals surface area contributed by atoms with Crippen LogP contribution in [0.2, 0.25) is 4.34 Å². The Balaban J connectivity index is 1.69. The summed E-state index contributed by atoms with van der Waals surface area (Å²) < 4.78 is 5.91. The van der Waals surface area contributed by atoms with Crippen molar-refractivity contribution in [2.45, 2.75) is 25.1 Å². The van der Waals surface area contributed by atoms with E-state index in [4.69, 9.17) is 27.2 Å². The molecule has 0 spiro atoms. The fourth-order valence-electron chi connectivity index (χ4n) is 3.15. The predicted octanol–water partition coefficient (Wildman–Crippen LogP) is 2.24. The molecule has 178 valence electrons. The van der Waals surface area contributed by atoms with E-state index in [0.29, 0.717) is 45.5 Å². The van der Waals surface area contributed by atoms with E-state index in [1.54, 1.807) is 30.3 Å². The summed E-state index contributed by atoms with van der Waals surface area (Å²) in [6, 6.07) is 8.44. The maximum atomic E-state index is 12.5. The Morgan fingerprint density at radius 3 is 2.85 bits per heavy atom. The molecule has 2 heterocycles. The van der Waals surface area contributed by atoms with Crippen LogP contribution in [-0.2, 0) is 9.53 Å². The molecule has 2 atom stereocenters. The van der Waals surface area contributed by atoms with Gasteiger partial charge >= 0.3 is 6.09 Å². The first kappa shape index (κ1) is 24.8. The molecule has 3 rings (SSSR count). The zero-order valence-electron chi connectivity index (χ0n) is 18.0. The van der Waals surface area contributed by atoms with Crippen LogP contribution in [0.3, 0.4) is 0 Å². The first-order chi connectivity index (χ1) is 15.7. The van der Waals surface area contributed by atoms with Crippen LogP contribution in [0.4, 0.5) is 21.9 Å². The lowest BCUT2D eigenvalue weighted by Crippen LogP contribution is -2.46. The van der Waals surface area contributed by atoms with Gasteiger partial charge in [-0.2, -0.15) is 0 Å². The number of nitrogens with one attached hydrogen (secondary N) is 3. The van der Waals surface area contributed by atoms with Gasteiger partial charge in [-0.15, -0.1) is 11.3 Å². The topological polar surface area (TPSA) is 146 Å². The average molecular weight is 496 g/mol. The molecular formula is C21H26ClN5O5S. The molecule has 0 bridgehead atoms. The quantitative estimate of drug-likeness (QED) is 0.181. The minimum atomic E-state index is -1.32. The molecule has 12 heteroatoms. The predicted molar refractivity (Wildman–Crippen MR) is 128 cm³/mol. The van der Waals surface area contributed by atoms with Gasteiger partial charge in [0.1, 0.15) is 11.8 Å². The smallest absolute Gasteiger partial charge is 0.414 e. The van der Waals surface area contributed by atoms with E-state index in [0.717, 1.165) is 0 Å². The molecule has 2 amide bonds. The van der Waals surface area contributed by atoms with E-state index < -0.39 is 17.9 Å². The number of aldehydes is 1. The standard InChI is InChI=1S/C21H26ClN5O5S/c1-21(23,12-29)26-16-9-13(3-4-15(16)24-7-2-8-28)27-11-14(32-20(27)31)10-25-19(30)17-5-6-18(22)33-17/h3-6,9,12,14,24,26,28H,2,7-8,10-11,23H2,1H3,(H,25,30)/t14?,21-/m0/s1. The van der Waals surface area contributed by atoms with E-state index in [1.165, 1.54) is 23.2 Å². The Kier molecular flexibility index (Phi) is 8.14. The van der Waals surface area contributed by atoms with Crippen LogP contribution in [-0.4, -0.2) is 61.4 Å². The van der Waals surface area contributed by atoms with Crippen LogP contribution in [0, 0.1) is 0 Å². The Morgan fingerprint density at radius 1 is 1.39 bits per heavy atom. The minimum absolute atomic E-state index is 0.0356. The van der Waals surface area contributed by atoms with Gasteiger partial charge < -0.3 is 31.5 Å². The molecule has 1 fully saturated rings.